The number of nitrogens with one attached hydrogen (secondary N) is 1. The Labute approximate surface area is 178 Å². The summed E-state index contributed by atoms with van der Waals surface area (Å²) < 4.78 is 26.8. The smallest absolute Gasteiger partial charge is 0.251 e. The van der Waals surface area contributed by atoms with Gasteiger partial charge in [0.15, 0.2) is 0 Å². The Morgan fingerprint density at radius 2 is 1.87 bits per heavy atom. The minimum absolute atomic E-state index is 0.0224. The van der Waals surface area contributed by atoms with Crippen LogP contribution in [0, 0.1) is 0 Å². The molecule has 0 unspecified atom stereocenters. The van der Waals surface area contributed by atoms with Crippen molar-refractivity contribution < 1.29 is 13.2 Å². The van der Waals surface area contributed by atoms with Crippen LogP contribution in [-0.2, 0) is 10.0 Å². The minimum atomic E-state index is -3.34. The number of hydrogen-bond acceptors (Lipinski definition) is 6. The molecule has 0 atom stereocenters. The number of aromatic nitrogens is 1. The molecule has 1 saturated heterocycles. The zero-order valence-corrected chi connectivity index (χ0v) is 18.3. The first-order valence-electron chi connectivity index (χ1n) is 10.1. The van der Waals surface area contributed by atoms with E-state index in [9.17, 15) is 13.2 Å². The van der Waals surface area contributed by atoms with Gasteiger partial charge in [-0.1, -0.05) is 12.1 Å². The summed E-state index contributed by atoms with van der Waals surface area (Å²) in [5.41, 5.74) is 1.50. The highest BCUT2D eigenvalue weighted by atomic mass is 32.2. The van der Waals surface area contributed by atoms with Gasteiger partial charge in [0, 0.05) is 64.3 Å². The molecule has 0 saturated carbocycles. The van der Waals surface area contributed by atoms with Crippen molar-refractivity contribution in [2.75, 3.05) is 62.4 Å². The molecule has 30 heavy (non-hydrogen) atoms. The predicted octanol–water partition coefficient (Wildman–Crippen LogP) is 1.42. The summed E-state index contributed by atoms with van der Waals surface area (Å²) >= 11 is 0. The van der Waals surface area contributed by atoms with E-state index in [4.69, 9.17) is 0 Å². The number of pyridine rings is 1. The molecule has 0 spiro atoms. The van der Waals surface area contributed by atoms with Gasteiger partial charge in [0.05, 0.1) is 5.75 Å². The fraction of sp³-hybridized carbons (Fsp3) is 0.429. The molecule has 1 amide bonds. The fourth-order valence-electron chi connectivity index (χ4n) is 3.35. The molecule has 1 aromatic carbocycles. The molecule has 3 rings (SSSR count). The molecule has 1 aliphatic rings. The lowest BCUT2D eigenvalue weighted by Gasteiger charge is -2.34. The molecular weight excluding hydrogens is 402 g/mol. The monoisotopic (exact) mass is 431 g/mol. The van der Waals surface area contributed by atoms with Crippen molar-refractivity contribution in [2.45, 2.75) is 6.42 Å². The van der Waals surface area contributed by atoms with Crippen LogP contribution in [0.3, 0.4) is 0 Å². The van der Waals surface area contributed by atoms with Crippen LogP contribution in [0.4, 0.5) is 11.5 Å². The van der Waals surface area contributed by atoms with Gasteiger partial charge < -0.3 is 15.1 Å². The Bertz CT molecular complexity index is 942. The van der Waals surface area contributed by atoms with E-state index < -0.39 is 10.0 Å². The lowest BCUT2D eigenvalue weighted by Crippen LogP contribution is -2.49. The van der Waals surface area contributed by atoms with Gasteiger partial charge in [-0.3, -0.25) is 4.79 Å². The first-order chi connectivity index (χ1) is 14.4. The summed E-state index contributed by atoms with van der Waals surface area (Å²) in [5, 5.41) is 2.81. The van der Waals surface area contributed by atoms with Crippen molar-refractivity contribution in [2.24, 2.45) is 0 Å². The van der Waals surface area contributed by atoms with Gasteiger partial charge in [-0.15, -0.1) is 0 Å². The maximum atomic E-state index is 12.6. The Morgan fingerprint density at radius 3 is 2.53 bits per heavy atom. The molecule has 1 aromatic heterocycles. The number of sulfonamides is 1. The summed E-state index contributed by atoms with van der Waals surface area (Å²) in [7, 11) is 0.488. The highest BCUT2D eigenvalue weighted by Crippen LogP contribution is 2.15. The number of carbonyl (C=O) groups excluding carboxylic acids is 1. The van der Waals surface area contributed by atoms with Crippen molar-refractivity contribution >= 4 is 27.4 Å². The van der Waals surface area contributed by atoms with E-state index in [0.29, 0.717) is 44.7 Å². The molecule has 9 heteroatoms. The fourth-order valence-corrected chi connectivity index (χ4v) is 4.84. The van der Waals surface area contributed by atoms with E-state index in [1.54, 1.807) is 12.3 Å². The van der Waals surface area contributed by atoms with Crippen LogP contribution in [-0.4, -0.2) is 76.2 Å². The second kappa shape index (κ2) is 9.90. The highest BCUT2D eigenvalue weighted by Gasteiger charge is 2.27. The van der Waals surface area contributed by atoms with Gasteiger partial charge in [-0.25, -0.2) is 13.4 Å². The second-order valence-electron chi connectivity index (χ2n) is 7.44. The summed E-state index contributed by atoms with van der Waals surface area (Å²) in [4.78, 5) is 20.7. The third-order valence-corrected chi connectivity index (χ3v) is 7.05. The molecular formula is C21H29N5O3S. The molecule has 0 aliphatic carbocycles. The van der Waals surface area contributed by atoms with E-state index in [0.717, 1.165) is 11.5 Å². The summed E-state index contributed by atoms with van der Waals surface area (Å²) in [6.07, 6.45) is 2.12. The number of amides is 1. The molecule has 1 aliphatic heterocycles. The van der Waals surface area contributed by atoms with Crippen LogP contribution >= 0.6 is 0 Å². The van der Waals surface area contributed by atoms with E-state index in [1.165, 1.54) is 4.31 Å². The van der Waals surface area contributed by atoms with Gasteiger partial charge in [0.25, 0.3) is 5.91 Å². The van der Waals surface area contributed by atoms with Crippen LogP contribution in [0.15, 0.2) is 48.7 Å². The van der Waals surface area contributed by atoms with Crippen LogP contribution in [0.2, 0.25) is 0 Å². The lowest BCUT2D eigenvalue weighted by atomic mass is 10.2. The molecule has 0 bridgehead atoms. The Balaban J connectivity index is 1.43. The van der Waals surface area contributed by atoms with E-state index in [1.807, 2.05) is 55.4 Å². The number of piperazine rings is 1. The van der Waals surface area contributed by atoms with Crippen LogP contribution in [0.1, 0.15) is 16.8 Å². The average molecular weight is 432 g/mol. The first-order valence-corrected chi connectivity index (χ1v) is 11.7. The number of anilines is 2. The normalized spacial score (nSPS) is 15.1. The number of rotatable bonds is 8. The SMILES string of the molecule is CN(C)c1cccc(C(=O)NCCCS(=O)(=O)N2CCN(c3ccccn3)CC2)c1. The summed E-state index contributed by atoms with van der Waals surface area (Å²) in [6.45, 7) is 2.45. The molecule has 2 aromatic rings. The van der Waals surface area contributed by atoms with E-state index in [2.05, 4.69) is 15.2 Å². The van der Waals surface area contributed by atoms with Crippen LogP contribution in [0.25, 0.3) is 0 Å². The van der Waals surface area contributed by atoms with Gasteiger partial charge in [-0.2, -0.15) is 4.31 Å². The Kier molecular flexibility index (Phi) is 7.28. The van der Waals surface area contributed by atoms with Crippen LogP contribution < -0.4 is 15.1 Å². The third-order valence-electron chi connectivity index (χ3n) is 5.09. The topological polar surface area (TPSA) is 85.8 Å². The number of nitrogens with zero attached hydrogens (tertiary/aromatic N) is 4. The maximum Gasteiger partial charge on any atom is 0.251 e. The summed E-state index contributed by atoms with van der Waals surface area (Å²) in [6, 6.07) is 13.0. The van der Waals surface area contributed by atoms with Gasteiger partial charge in [0.1, 0.15) is 5.82 Å². The van der Waals surface area contributed by atoms with Gasteiger partial charge in [0.2, 0.25) is 10.0 Å². The zero-order chi connectivity index (χ0) is 21.6. The number of benzene rings is 1. The Morgan fingerprint density at radius 1 is 1.10 bits per heavy atom. The molecule has 1 N–H and O–H groups in total. The summed E-state index contributed by atoms with van der Waals surface area (Å²) in [5.74, 6) is 0.699. The van der Waals surface area contributed by atoms with Crippen LogP contribution in [0.5, 0.6) is 0 Å². The standard InChI is InChI=1S/C21H29N5O3S/c1-24(2)19-8-5-7-18(17-19)21(27)23-11-6-16-30(28,29)26-14-12-25(13-15-26)20-9-3-4-10-22-20/h3-5,7-10,17H,6,11-16H2,1-2H3,(H,23,27). The van der Waals surface area contributed by atoms with Crippen molar-refractivity contribution in [1.82, 2.24) is 14.6 Å². The van der Waals surface area contributed by atoms with Crippen molar-refractivity contribution in [1.29, 1.82) is 0 Å². The molecule has 0 radical (unpaired) electrons. The van der Waals surface area contributed by atoms with Gasteiger partial charge >= 0.3 is 0 Å². The molecule has 1 fully saturated rings. The quantitative estimate of drug-likeness (QED) is 0.637. The predicted molar refractivity (Wildman–Crippen MR) is 120 cm³/mol. The van der Waals surface area contributed by atoms with E-state index >= 15 is 0 Å². The largest absolute Gasteiger partial charge is 0.378 e. The van der Waals surface area contributed by atoms with Gasteiger partial charge in [-0.05, 0) is 36.8 Å². The first kappa shape index (κ1) is 22.0. The molecule has 2 heterocycles. The zero-order valence-electron chi connectivity index (χ0n) is 17.5. The Hall–Kier alpha value is -2.65. The highest BCUT2D eigenvalue weighted by molar-refractivity contribution is 7.89. The average Bonchev–Trinajstić information content (AvgIpc) is 2.77. The third kappa shape index (κ3) is 5.70. The number of hydrogen-bond donors (Lipinski definition) is 1. The second-order valence-corrected chi connectivity index (χ2v) is 9.53. The molecule has 8 nitrogen and oxygen atoms in total. The van der Waals surface area contributed by atoms with E-state index in [-0.39, 0.29) is 11.7 Å². The van der Waals surface area contributed by atoms with Crippen molar-refractivity contribution in [3.05, 3.63) is 54.2 Å². The maximum absolute atomic E-state index is 12.6. The minimum Gasteiger partial charge on any atom is -0.378 e. The molecule has 162 valence electrons. The number of carbonyl (C=O) groups is 1. The van der Waals surface area contributed by atoms with Crippen molar-refractivity contribution in [3.63, 3.8) is 0 Å². The van der Waals surface area contributed by atoms with Crippen molar-refractivity contribution in [3.8, 4) is 0 Å². The lowest BCUT2D eigenvalue weighted by molar-refractivity contribution is 0.0953.